The molecule has 0 aliphatic carbocycles. The van der Waals surface area contributed by atoms with Crippen LogP contribution in [-0.4, -0.2) is 23.1 Å². The van der Waals surface area contributed by atoms with Gasteiger partial charge in [0.2, 0.25) is 0 Å². The van der Waals surface area contributed by atoms with Crippen molar-refractivity contribution in [3.8, 4) is 6.07 Å². The number of hydrogen-bond donors (Lipinski definition) is 2. The molecule has 20 heavy (non-hydrogen) atoms. The molecule has 4 nitrogen and oxygen atoms in total. The first-order valence-corrected chi connectivity index (χ1v) is 7.81. The van der Waals surface area contributed by atoms with Gasteiger partial charge in [0, 0.05) is 4.47 Å². The molecule has 2 N–H and O–H groups in total. The van der Waals surface area contributed by atoms with Crippen molar-refractivity contribution in [2.24, 2.45) is 0 Å². The Hall–Kier alpha value is -1.38. The van der Waals surface area contributed by atoms with Gasteiger partial charge in [-0.3, -0.25) is 0 Å². The summed E-state index contributed by atoms with van der Waals surface area (Å²) in [4.78, 5) is 7.90. The zero-order valence-corrected chi connectivity index (χ0v) is 13.4. The number of nitrogens with one attached hydrogen (secondary N) is 2. The van der Waals surface area contributed by atoms with Crippen LogP contribution in [0, 0.1) is 11.3 Å². The molecule has 0 spiro atoms. The lowest BCUT2D eigenvalue weighted by molar-refractivity contribution is 0.369. The highest BCUT2D eigenvalue weighted by Gasteiger charge is 2.37. The van der Waals surface area contributed by atoms with E-state index in [-0.39, 0.29) is 0 Å². The van der Waals surface area contributed by atoms with Gasteiger partial charge in [-0.15, -0.1) is 0 Å². The van der Waals surface area contributed by atoms with Gasteiger partial charge in [0.25, 0.3) is 0 Å². The van der Waals surface area contributed by atoms with Crippen LogP contribution in [0.2, 0.25) is 0 Å². The van der Waals surface area contributed by atoms with E-state index in [0.29, 0.717) is 0 Å². The number of piperidine rings is 1. The van der Waals surface area contributed by atoms with Crippen LogP contribution in [0.25, 0.3) is 11.0 Å². The second-order valence-electron chi connectivity index (χ2n) is 4.69. The minimum Gasteiger partial charge on any atom is -0.341 e. The van der Waals surface area contributed by atoms with E-state index in [1.54, 1.807) is 0 Å². The summed E-state index contributed by atoms with van der Waals surface area (Å²) >= 11 is 3.45. The fraction of sp³-hybridized carbons (Fsp3) is 0.467. The van der Waals surface area contributed by atoms with E-state index >= 15 is 0 Å². The van der Waals surface area contributed by atoms with E-state index < -0.39 is 5.41 Å². The molecule has 1 saturated heterocycles. The molecule has 3 rings (SSSR count). The highest BCUT2D eigenvalue weighted by Crippen LogP contribution is 2.32. The molecule has 0 atom stereocenters. The highest BCUT2D eigenvalue weighted by molar-refractivity contribution is 9.10. The Morgan fingerprint density at radius 1 is 1.30 bits per heavy atom. The molecule has 106 valence electrons. The molecule has 0 bridgehead atoms. The van der Waals surface area contributed by atoms with Crippen LogP contribution in [0.4, 0.5) is 0 Å². The summed E-state index contributed by atoms with van der Waals surface area (Å²) in [6.45, 7) is 5.74. The van der Waals surface area contributed by atoms with Gasteiger partial charge in [-0.25, -0.2) is 4.98 Å². The van der Waals surface area contributed by atoms with Crippen LogP contribution in [0.1, 0.15) is 32.5 Å². The zero-order valence-electron chi connectivity index (χ0n) is 11.8. The standard InChI is InChI=1S/C13H13BrN4.C2H6/c14-9-1-2-10-11(7-9)18-12(17-10)13(8-15)3-5-16-6-4-13;1-2/h1-2,7,16H,3-6H2,(H,17,18);1-2H3. The molecule has 1 aliphatic heterocycles. The topological polar surface area (TPSA) is 64.5 Å². The Morgan fingerprint density at radius 2 is 2.00 bits per heavy atom. The molecular formula is C15H19BrN4. The molecule has 0 unspecified atom stereocenters. The van der Waals surface area contributed by atoms with Crippen molar-refractivity contribution in [3.05, 3.63) is 28.5 Å². The van der Waals surface area contributed by atoms with E-state index in [9.17, 15) is 5.26 Å². The number of hydrogen-bond acceptors (Lipinski definition) is 3. The second-order valence-corrected chi connectivity index (χ2v) is 5.61. The molecular weight excluding hydrogens is 316 g/mol. The highest BCUT2D eigenvalue weighted by atomic mass is 79.9. The molecule has 1 aromatic heterocycles. The molecule has 0 radical (unpaired) electrons. The Morgan fingerprint density at radius 3 is 2.65 bits per heavy atom. The van der Waals surface area contributed by atoms with Gasteiger partial charge in [0.15, 0.2) is 0 Å². The summed E-state index contributed by atoms with van der Waals surface area (Å²) in [7, 11) is 0. The molecule has 1 aromatic carbocycles. The fourth-order valence-corrected chi connectivity index (χ4v) is 2.82. The molecule has 1 fully saturated rings. The average Bonchev–Trinajstić information content (AvgIpc) is 2.93. The van der Waals surface area contributed by atoms with Crippen LogP contribution < -0.4 is 5.32 Å². The maximum Gasteiger partial charge on any atom is 0.127 e. The maximum atomic E-state index is 9.53. The summed E-state index contributed by atoms with van der Waals surface area (Å²) in [5, 5.41) is 12.8. The number of aromatic nitrogens is 2. The van der Waals surface area contributed by atoms with Gasteiger partial charge in [-0.1, -0.05) is 29.8 Å². The second kappa shape index (κ2) is 6.38. The van der Waals surface area contributed by atoms with E-state index in [1.165, 1.54) is 0 Å². The number of fused-ring (bicyclic) bond motifs is 1. The lowest BCUT2D eigenvalue weighted by atomic mass is 9.80. The van der Waals surface area contributed by atoms with Crippen LogP contribution >= 0.6 is 15.9 Å². The lowest BCUT2D eigenvalue weighted by Gasteiger charge is -2.29. The largest absolute Gasteiger partial charge is 0.341 e. The van der Waals surface area contributed by atoms with Crippen LogP contribution in [-0.2, 0) is 5.41 Å². The zero-order chi connectivity index (χ0) is 14.6. The first-order chi connectivity index (χ1) is 9.73. The van der Waals surface area contributed by atoms with E-state index in [2.05, 4.69) is 37.3 Å². The summed E-state index contributed by atoms with van der Waals surface area (Å²) in [5.74, 6) is 0.805. The summed E-state index contributed by atoms with van der Waals surface area (Å²) in [6, 6.07) is 8.39. The lowest BCUT2D eigenvalue weighted by Crippen LogP contribution is -2.39. The first kappa shape index (κ1) is 15.0. The quantitative estimate of drug-likeness (QED) is 0.838. The third-order valence-corrected chi connectivity index (χ3v) is 4.06. The minimum atomic E-state index is -0.462. The van der Waals surface area contributed by atoms with Gasteiger partial charge in [-0.05, 0) is 44.1 Å². The Balaban J connectivity index is 0.000000704. The third-order valence-electron chi connectivity index (χ3n) is 3.57. The van der Waals surface area contributed by atoms with Gasteiger partial charge in [-0.2, -0.15) is 5.26 Å². The number of H-pyrrole nitrogens is 1. The van der Waals surface area contributed by atoms with Gasteiger partial charge in [0.05, 0.1) is 17.1 Å². The monoisotopic (exact) mass is 334 g/mol. The normalized spacial score (nSPS) is 17.1. The number of aromatic amines is 1. The minimum absolute atomic E-state index is 0.462. The Kier molecular flexibility index (Phi) is 4.79. The molecule has 2 aromatic rings. The van der Waals surface area contributed by atoms with E-state index in [4.69, 9.17) is 0 Å². The van der Waals surface area contributed by atoms with Crippen molar-refractivity contribution < 1.29 is 0 Å². The van der Waals surface area contributed by atoms with Crippen molar-refractivity contribution in [2.45, 2.75) is 32.1 Å². The van der Waals surface area contributed by atoms with Crippen molar-refractivity contribution in [1.82, 2.24) is 15.3 Å². The summed E-state index contributed by atoms with van der Waals surface area (Å²) in [5.41, 5.74) is 1.44. The van der Waals surface area contributed by atoms with Crippen molar-refractivity contribution in [1.29, 1.82) is 5.26 Å². The Bertz CT molecular complexity index is 620. The van der Waals surface area contributed by atoms with Crippen molar-refractivity contribution in [3.63, 3.8) is 0 Å². The van der Waals surface area contributed by atoms with E-state index in [1.807, 2.05) is 32.0 Å². The van der Waals surface area contributed by atoms with Crippen LogP contribution in [0.15, 0.2) is 22.7 Å². The first-order valence-electron chi connectivity index (χ1n) is 7.01. The van der Waals surface area contributed by atoms with Crippen molar-refractivity contribution >= 4 is 27.0 Å². The summed E-state index contributed by atoms with van der Waals surface area (Å²) in [6.07, 6.45) is 1.62. The smallest absolute Gasteiger partial charge is 0.127 e. The van der Waals surface area contributed by atoms with Gasteiger partial charge >= 0.3 is 0 Å². The molecule has 1 aliphatic rings. The van der Waals surface area contributed by atoms with Crippen LogP contribution in [0.5, 0.6) is 0 Å². The number of rotatable bonds is 1. The maximum absolute atomic E-state index is 9.53. The Labute approximate surface area is 127 Å². The fourth-order valence-electron chi connectivity index (χ4n) is 2.46. The molecule has 0 amide bonds. The SMILES string of the molecule is CC.N#CC1(c2nc3ccc(Br)cc3[nH]2)CCNCC1. The van der Waals surface area contributed by atoms with Crippen LogP contribution in [0.3, 0.4) is 0 Å². The number of nitriles is 1. The number of halogens is 1. The van der Waals surface area contributed by atoms with Gasteiger partial charge in [0.1, 0.15) is 11.2 Å². The average molecular weight is 335 g/mol. The summed E-state index contributed by atoms with van der Waals surface area (Å²) < 4.78 is 1.02. The van der Waals surface area contributed by atoms with Gasteiger partial charge < -0.3 is 10.3 Å². The molecule has 2 heterocycles. The predicted octanol–water partition coefficient (Wildman–Crippen LogP) is 3.50. The molecule has 0 saturated carbocycles. The van der Waals surface area contributed by atoms with Crippen molar-refractivity contribution in [2.75, 3.05) is 13.1 Å². The molecule has 5 heteroatoms. The number of imidazole rings is 1. The number of nitrogens with zero attached hydrogens (tertiary/aromatic N) is 2. The third kappa shape index (κ3) is 2.72. The predicted molar refractivity (Wildman–Crippen MR) is 84.5 cm³/mol. The number of benzene rings is 1. The van der Waals surface area contributed by atoms with E-state index in [0.717, 1.165) is 47.3 Å².